The average molecular weight is 304 g/mol. The molecule has 3 rings (SSSR count). The van der Waals surface area contributed by atoms with Crippen molar-refractivity contribution in [2.75, 3.05) is 0 Å². The van der Waals surface area contributed by atoms with Crippen molar-refractivity contribution in [1.82, 2.24) is 0 Å². The predicted molar refractivity (Wildman–Crippen MR) is 73.0 cm³/mol. The van der Waals surface area contributed by atoms with Crippen molar-refractivity contribution in [3.05, 3.63) is 41.5 Å². The largest absolute Gasteiger partial charge is 0.508 e. The molecule has 0 saturated carbocycles. The van der Waals surface area contributed by atoms with Crippen LogP contribution in [0.25, 0.3) is 0 Å². The van der Waals surface area contributed by atoms with E-state index in [0.717, 1.165) is 30.3 Å². The Kier molecular flexibility index (Phi) is 2.89. The van der Waals surface area contributed by atoms with Gasteiger partial charge in [-0.15, -0.1) is 0 Å². The minimum absolute atomic E-state index is 0.0449. The van der Waals surface area contributed by atoms with Gasteiger partial charge in [-0.05, 0) is 18.2 Å². The summed E-state index contributed by atoms with van der Waals surface area (Å²) >= 11 is 0. The molecule has 0 bridgehead atoms. The number of carbonyl (C=O) groups excluding carboxylic acids is 1. The maximum absolute atomic E-state index is 12.2. The van der Waals surface area contributed by atoms with E-state index >= 15 is 0 Å². The van der Waals surface area contributed by atoms with E-state index < -0.39 is 23.7 Å². The Morgan fingerprint density at radius 3 is 2.14 bits per heavy atom. The Balaban J connectivity index is 2.13. The summed E-state index contributed by atoms with van der Waals surface area (Å²) < 4.78 is 5.32. The number of rotatable bonds is 1. The standard InChI is InChI=1S/C15H12O7/c16-8-1-7(2-9(17)3-8)15(21)6-13(20)11-4-10(18)5-12(19)14(11)22-15/h1-5,16-19,21H,6H2/t15-/m1/s1. The number of hydrogen-bond donors (Lipinski definition) is 5. The number of ketones is 1. The molecule has 1 aliphatic heterocycles. The summed E-state index contributed by atoms with van der Waals surface area (Å²) in [6.07, 6.45) is -0.508. The molecule has 1 atom stereocenters. The summed E-state index contributed by atoms with van der Waals surface area (Å²) in [5, 5.41) is 48.8. The summed E-state index contributed by atoms with van der Waals surface area (Å²) in [4.78, 5) is 12.2. The van der Waals surface area contributed by atoms with Crippen molar-refractivity contribution >= 4 is 5.78 Å². The van der Waals surface area contributed by atoms with Gasteiger partial charge < -0.3 is 30.3 Å². The molecule has 7 heteroatoms. The van der Waals surface area contributed by atoms with E-state index in [9.17, 15) is 30.3 Å². The summed E-state index contributed by atoms with van der Waals surface area (Å²) in [5.41, 5.74) is -0.108. The van der Waals surface area contributed by atoms with Crippen LogP contribution in [0.5, 0.6) is 28.7 Å². The summed E-state index contributed by atoms with van der Waals surface area (Å²) in [5.74, 6) is -4.47. The number of Topliss-reactive ketones (excluding diaryl/α,β-unsaturated/α-hetero) is 1. The average Bonchev–Trinajstić information content (AvgIpc) is 2.39. The second-order valence-electron chi connectivity index (χ2n) is 5.07. The molecule has 0 aromatic heterocycles. The van der Waals surface area contributed by atoms with Gasteiger partial charge in [-0.1, -0.05) is 0 Å². The molecule has 114 valence electrons. The molecule has 7 nitrogen and oxygen atoms in total. The lowest BCUT2D eigenvalue weighted by Gasteiger charge is -2.33. The summed E-state index contributed by atoms with van der Waals surface area (Å²) in [7, 11) is 0. The highest BCUT2D eigenvalue weighted by atomic mass is 16.6. The van der Waals surface area contributed by atoms with E-state index in [1.54, 1.807) is 0 Å². The molecule has 0 spiro atoms. The van der Waals surface area contributed by atoms with Gasteiger partial charge in [-0.25, -0.2) is 0 Å². The van der Waals surface area contributed by atoms with E-state index in [1.165, 1.54) is 0 Å². The lowest BCUT2D eigenvalue weighted by atomic mass is 9.92. The SMILES string of the molecule is O=C1C[C@](O)(c2cc(O)cc(O)c2)Oc2c(O)cc(O)cc21. The van der Waals surface area contributed by atoms with Crippen molar-refractivity contribution in [3.63, 3.8) is 0 Å². The maximum Gasteiger partial charge on any atom is 0.242 e. The van der Waals surface area contributed by atoms with Crippen LogP contribution in [-0.2, 0) is 5.79 Å². The fourth-order valence-corrected chi connectivity index (χ4v) is 2.41. The third kappa shape index (κ3) is 2.17. The van der Waals surface area contributed by atoms with Crippen LogP contribution in [0, 0.1) is 0 Å². The number of fused-ring (bicyclic) bond motifs is 1. The number of benzene rings is 2. The van der Waals surface area contributed by atoms with Gasteiger partial charge in [0, 0.05) is 17.7 Å². The Labute approximate surface area is 124 Å². The first-order valence-corrected chi connectivity index (χ1v) is 6.32. The van der Waals surface area contributed by atoms with Gasteiger partial charge in [-0.3, -0.25) is 4.79 Å². The minimum Gasteiger partial charge on any atom is -0.508 e. The predicted octanol–water partition coefficient (Wildman–Crippen LogP) is 1.32. The van der Waals surface area contributed by atoms with E-state index in [-0.39, 0.29) is 34.1 Å². The van der Waals surface area contributed by atoms with Crippen LogP contribution >= 0.6 is 0 Å². The van der Waals surface area contributed by atoms with Gasteiger partial charge in [0.25, 0.3) is 0 Å². The van der Waals surface area contributed by atoms with Crippen LogP contribution in [0.1, 0.15) is 22.3 Å². The van der Waals surface area contributed by atoms with E-state index in [2.05, 4.69) is 0 Å². The number of carbonyl (C=O) groups is 1. The second-order valence-corrected chi connectivity index (χ2v) is 5.07. The first-order valence-electron chi connectivity index (χ1n) is 6.32. The number of ether oxygens (including phenoxy) is 1. The molecule has 0 unspecified atom stereocenters. The molecular weight excluding hydrogens is 292 g/mol. The van der Waals surface area contributed by atoms with Crippen LogP contribution in [0.3, 0.4) is 0 Å². The molecule has 2 aromatic carbocycles. The van der Waals surface area contributed by atoms with Crippen LogP contribution < -0.4 is 4.74 Å². The van der Waals surface area contributed by atoms with Crippen molar-refractivity contribution in [3.8, 4) is 28.7 Å². The molecule has 1 aliphatic rings. The minimum atomic E-state index is -2.16. The van der Waals surface area contributed by atoms with Gasteiger partial charge in [-0.2, -0.15) is 0 Å². The molecule has 22 heavy (non-hydrogen) atoms. The van der Waals surface area contributed by atoms with E-state index in [4.69, 9.17) is 4.74 Å². The zero-order valence-electron chi connectivity index (χ0n) is 11.1. The third-order valence-corrected chi connectivity index (χ3v) is 3.38. The first-order chi connectivity index (χ1) is 10.3. The molecule has 1 heterocycles. The van der Waals surface area contributed by atoms with Crippen molar-refractivity contribution < 1.29 is 35.1 Å². The normalized spacial score (nSPS) is 20.3. The zero-order valence-corrected chi connectivity index (χ0v) is 11.1. The zero-order chi connectivity index (χ0) is 16.1. The molecule has 2 aromatic rings. The quantitative estimate of drug-likeness (QED) is 0.537. The van der Waals surface area contributed by atoms with Gasteiger partial charge >= 0.3 is 0 Å². The van der Waals surface area contributed by atoms with Gasteiger partial charge in [0.1, 0.15) is 17.2 Å². The van der Waals surface area contributed by atoms with Crippen LogP contribution in [0.4, 0.5) is 0 Å². The fourth-order valence-electron chi connectivity index (χ4n) is 2.41. The number of aromatic hydroxyl groups is 4. The number of phenols is 4. The number of phenolic OH excluding ortho intramolecular Hbond substituents is 4. The number of aliphatic hydroxyl groups is 1. The van der Waals surface area contributed by atoms with E-state index in [1.807, 2.05) is 0 Å². The lowest BCUT2D eigenvalue weighted by molar-refractivity contribution is -0.148. The van der Waals surface area contributed by atoms with Gasteiger partial charge in [0.15, 0.2) is 17.3 Å². The third-order valence-electron chi connectivity index (χ3n) is 3.38. The summed E-state index contributed by atoms with van der Waals surface area (Å²) in [6.45, 7) is 0. The molecule has 0 saturated heterocycles. The molecule has 0 fully saturated rings. The smallest absolute Gasteiger partial charge is 0.242 e. The summed E-state index contributed by atoms with van der Waals surface area (Å²) in [6, 6.07) is 5.42. The Bertz CT molecular complexity index is 763. The van der Waals surface area contributed by atoms with Gasteiger partial charge in [0.05, 0.1) is 12.0 Å². The molecule has 0 aliphatic carbocycles. The highest BCUT2D eigenvalue weighted by molar-refractivity contribution is 6.01. The lowest BCUT2D eigenvalue weighted by Crippen LogP contribution is -2.39. The second kappa shape index (κ2) is 4.54. The molecule has 0 radical (unpaired) electrons. The monoisotopic (exact) mass is 304 g/mol. The van der Waals surface area contributed by atoms with Crippen LogP contribution in [-0.4, -0.2) is 31.3 Å². The first kappa shape index (κ1) is 14.0. The highest BCUT2D eigenvalue weighted by Crippen LogP contribution is 2.45. The van der Waals surface area contributed by atoms with Crippen LogP contribution in [0.2, 0.25) is 0 Å². The molecule has 5 N–H and O–H groups in total. The van der Waals surface area contributed by atoms with Crippen LogP contribution in [0.15, 0.2) is 30.3 Å². The highest BCUT2D eigenvalue weighted by Gasteiger charge is 2.42. The van der Waals surface area contributed by atoms with Crippen molar-refractivity contribution in [2.45, 2.75) is 12.2 Å². The topological polar surface area (TPSA) is 127 Å². The maximum atomic E-state index is 12.2. The Hall–Kier alpha value is -2.93. The van der Waals surface area contributed by atoms with Crippen molar-refractivity contribution in [1.29, 1.82) is 0 Å². The number of hydrogen-bond acceptors (Lipinski definition) is 7. The molecular formula is C15H12O7. The van der Waals surface area contributed by atoms with Crippen molar-refractivity contribution in [2.24, 2.45) is 0 Å². The Morgan fingerprint density at radius 1 is 0.909 bits per heavy atom. The Morgan fingerprint density at radius 2 is 1.50 bits per heavy atom. The van der Waals surface area contributed by atoms with Gasteiger partial charge in [0.2, 0.25) is 5.79 Å². The van der Waals surface area contributed by atoms with E-state index in [0.29, 0.717) is 0 Å². The fraction of sp³-hybridized carbons (Fsp3) is 0.133. The molecule has 0 amide bonds.